The molecule has 1 aromatic heterocycles. The van der Waals surface area contributed by atoms with Gasteiger partial charge in [0.15, 0.2) is 17.3 Å². The minimum atomic E-state index is -0.741. The van der Waals surface area contributed by atoms with Crippen molar-refractivity contribution in [2.75, 3.05) is 20.3 Å². The van der Waals surface area contributed by atoms with Gasteiger partial charge in [-0.15, -0.1) is 0 Å². The molecule has 30 heavy (non-hydrogen) atoms. The standard InChI is InChI=1S/C23H25ClN2O4/c1-27-21-4-2-3-5-22(21)28-14-20-15-29-23(30-20,16-26-13-12-25-17-26)11-10-18-6-8-19(24)9-7-18/h2-9,12-13,17,20H,10-11,14-16H2,1H3. The molecule has 0 N–H and O–H groups in total. The van der Waals surface area contributed by atoms with Crippen molar-refractivity contribution in [1.82, 2.24) is 9.55 Å². The summed E-state index contributed by atoms with van der Waals surface area (Å²) in [6, 6.07) is 15.5. The number of nitrogens with zero attached hydrogens (tertiary/aromatic N) is 2. The van der Waals surface area contributed by atoms with Crippen molar-refractivity contribution < 1.29 is 18.9 Å². The van der Waals surface area contributed by atoms with Crippen LogP contribution in [0, 0.1) is 0 Å². The van der Waals surface area contributed by atoms with Gasteiger partial charge in [-0.1, -0.05) is 35.9 Å². The SMILES string of the molecule is COc1ccccc1OCC1COC(CCc2ccc(Cl)cc2)(Cn2ccnc2)O1. The summed E-state index contributed by atoms with van der Waals surface area (Å²) < 4.78 is 25.9. The topological polar surface area (TPSA) is 54.7 Å². The molecule has 2 heterocycles. The molecule has 1 aliphatic rings. The number of hydrogen-bond acceptors (Lipinski definition) is 5. The van der Waals surface area contributed by atoms with Gasteiger partial charge in [0, 0.05) is 23.8 Å². The van der Waals surface area contributed by atoms with Crippen molar-refractivity contribution in [3.8, 4) is 11.5 Å². The second-order valence-electron chi connectivity index (χ2n) is 7.28. The summed E-state index contributed by atoms with van der Waals surface area (Å²) in [4.78, 5) is 4.14. The van der Waals surface area contributed by atoms with Crippen LogP contribution in [0.4, 0.5) is 0 Å². The fourth-order valence-electron chi connectivity index (χ4n) is 3.56. The monoisotopic (exact) mass is 428 g/mol. The van der Waals surface area contributed by atoms with E-state index in [0.717, 1.165) is 11.4 Å². The number of rotatable bonds is 9. The Bertz CT molecular complexity index is 933. The van der Waals surface area contributed by atoms with Gasteiger partial charge >= 0.3 is 0 Å². The normalized spacial score (nSPS) is 20.9. The van der Waals surface area contributed by atoms with Crippen LogP contribution in [-0.4, -0.2) is 41.8 Å². The molecule has 1 saturated heterocycles. The van der Waals surface area contributed by atoms with E-state index in [2.05, 4.69) is 4.98 Å². The van der Waals surface area contributed by atoms with Gasteiger partial charge in [-0.25, -0.2) is 4.98 Å². The molecule has 3 aromatic rings. The highest BCUT2D eigenvalue weighted by Gasteiger charge is 2.42. The lowest BCUT2D eigenvalue weighted by molar-refractivity contribution is -0.184. The van der Waals surface area contributed by atoms with E-state index in [0.29, 0.717) is 37.7 Å². The van der Waals surface area contributed by atoms with E-state index in [1.165, 1.54) is 5.56 Å². The summed E-state index contributed by atoms with van der Waals surface area (Å²) >= 11 is 6.00. The Labute approximate surface area is 181 Å². The molecule has 158 valence electrons. The molecule has 0 radical (unpaired) electrons. The Balaban J connectivity index is 1.41. The molecule has 0 saturated carbocycles. The third kappa shape index (κ3) is 5.14. The molecule has 2 unspecified atom stereocenters. The van der Waals surface area contributed by atoms with Gasteiger partial charge < -0.3 is 23.5 Å². The van der Waals surface area contributed by atoms with Crippen molar-refractivity contribution in [3.63, 3.8) is 0 Å². The maximum Gasteiger partial charge on any atom is 0.187 e. The number of aryl methyl sites for hydroxylation is 1. The first kappa shape index (κ1) is 20.7. The summed E-state index contributed by atoms with van der Waals surface area (Å²) in [6.07, 6.45) is 6.78. The molecule has 0 spiro atoms. The van der Waals surface area contributed by atoms with Gasteiger partial charge in [-0.3, -0.25) is 0 Å². The average Bonchev–Trinajstić information content (AvgIpc) is 3.43. The van der Waals surface area contributed by atoms with Crippen molar-refractivity contribution in [2.24, 2.45) is 0 Å². The van der Waals surface area contributed by atoms with Crippen LogP contribution >= 0.6 is 11.6 Å². The highest BCUT2D eigenvalue weighted by molar-refractivity contribution is 6.30. The number of halogens is 1. The summed E-state index contributed by atoms with van der Waals surface area (Å²) in [7, 11) is 1.63. The van der Waals surface area contributed by atoms with Crippen LogP contribution < -0.4 is 9.47 Å². The highest BCUT2D eigenvalue weighted by Crippen LogP contribution is 2.32. The first-order valence-electron chi connectivity index (χ1n) is 9.94. The Morgan fingerprint density at radius 1 is 1.17 bits per heavy atom. The van der Waals surface area contributed by atoms with Crippen LogP contribution in [0.2, 0.25) is 5.02 Å². The van der Waals surface area contributed by atoms with Crippen LogP contribution in [0.15, 0.2) is 67.3 Å². The van der Waals surface area contributed by atoms with E-state index < -0.39 is 5.79 Å². The maximum absolute atomic E-state index is 6.40. The summed E-state index contributed by atoms with van der Waals surface area (Å²) in [6.45, 7) is 1.41. The average molecular weight is 429 g/mol. The second kappa shape index (κ2) is 9.51. The van der Waals surface area contributed by atoms with Crippen LogP contribution in [0.25, 0.3) is 0 Å². The smallest absolute Gasteiger partial charge is 0.187 e. The third-order valence-corrected chi connectivity index (χ3v) is 5.35. The molecule has 0 bridgehead atoms. The molecule has 1 aliphatic heterocycles. The summed E-state index contributed by atoms with van der Waals surface area (Å²) in [5.41, 5.74) is 1.19. The lowest BCUT2D eigenvalue weighted by Crippen LogP contribution is -2.37. The van der Waals surface area contributed by atoms with Crippen molar-refractivity contribution in [1.29, 1.82) is 0 Å². The van der Waals surface area contributed by atoms with E-state index in [1.807, 2.05) is 59.3 Å². The molecule has 4 rings (SSSR count). The van der Waals surface area contributed by atoms with Crippen LogP contribution in [0.3, 0.4) is 0 Å². The zero-order valence-corrected chi connectivity index (χ0v) is 17.6. The van der Waals surface area contributed by atoms with Gasteiger partial charge in [0.1, 0.15) is 12.7 Å². The molecule has 0 amide bonds. The number of benzene rings is 2. The fraction of sp³-hybridized carbons (Fsp3) is 0.348. The van der Waals surface area contributed by atoms with Gasteiger partial charge in [-0.05, 0) is 36.2 Å². The number of ether oxygens (including phenoxy) is 4. The van der Waals surface area contributed by atoms with E-state index in [9.17, 15) is 0 Å². The number of para-hydroxylation sites is 2. The van der Waals surface area contributed by atoms with E-state index in [4.69, 9.17) is 30.5 Å². The summed E-state index contributed by atoms with van der Waals surface area (Å²) in [5.74, 6) is 0.649. The van der Waals surface area contributed by atoms with Crippen molar-refractivity contribution in [2.45, 2.75) is 31.3 Å². The molecule has 6 nitrogen and oxygen atoms in total. The lowest BCUT2D eigenvalue weighted by Gasteiger charge is -2.28. The second-order valence-corrected chi connectivity index (χ2v) is 7.72. The molecular formula is C23H25ClN2O4. The lowest BCUT2D eigenvalue weighted by atomic mass is 10.0. The first-order chi connectivity index (χ1) is 14.7. The predicted molar refractivity (Wildman–Crippen MR) is 114 cm³/mol. The van der Waals surface area contributed by atoms with Crippen molar-refractivity contribution in [3.05, 3.63) is 77.8 Å². The van der Waals surface area contributed by atoms with Gasteiger partial charge in [0.25, 0.3) is 0 Å². The molecule has 0 aliphatic carbocycles. The Morgan fingerprint density at radius 2 is 1.97 bits per heavy atom. The quantitative estimate of drug-likeness (QED) is 0.506. The molecule has 2 aromatic carbocycles. The molecule has 2 atom stereocenters. The Kier molecular flexibility index (Phi) is 6.57. The minimum absolute atomic E-state index is 0.177. The fourth-order valence-corrected chi connectivity index (χ4v) is 3.68. The number of hydrogen-bond donors (Lipinski definition) is 0. The largest absolute Gasteiger partial charge is 0.493 e. The first-order valence-corrected chi connectivity index (χ1v) is 10.3. The number of methoxy groups -OCH3 is 1. The summed E-state index contributed by atoms with van der Waals surface area (Å²) in [5, 5.41) is 0.730. The minimum Gasteiger partial charge on any atom is -0.493 e. The third-order valence-electron chi connectivity index (χ3n) is 5.10. The van der Waals surface area contributed by atoms with E-state index >= 15 is 0 Å². The van der Waals surface area contributed by atoms with Gasteiger partial charge in [0.05, 0.1) is 26.6 Å². The zero-order valence-electron chi connectivity index (χ0n) is 16.9. The number of imidazole rings is 1. The molecule has 7 heteroatoms. The molecular weight excluding hydrogens is 404 g/mol. The van der Waals surface area contributed by atoms with Crippen LogP contribution in [0.1, 0.15) is 12.0 Å². The maximum atomic E-state index is 6.40. The zero-order chi connectivity index (χ0) is 20.8. The Hall–Kier alpha value is -2.54. The Morgan fingerprint density at radius 3 is 2.70 bits per heavy atom. The molecule has 1 fully saturated rings. The van der Waals surface area contributed by atoms with Crippen molar-refractivity contribution >= 4 is 11.6 Å². The van der Waals surface area contributed by atoms with Crippen LogP contribution in [0.5, 0.6) is 11.5 Å². The van der Waals surface area contributed by atoms with Gasteiger partial charge in [-0.2, -0.15) is 0 Å². The van der Waals surface area contributed by atoms with E-state index in [1.54, 1.807) is 19.6 Å². The van der Waals surface area contributed by atoms with E-state index in [-0.39, 0.29) is 6.10 Å². The predicted octanol–water partition coefficient (Wildman–Crippen LogP) is 4.37. The van der Waals surface area contributed by atoms with Crippen LogP contribution in [-0.2, 0) is 22.4 Å². The van der Waals surface area contributed by atoms with Gasteiger partial charge in [0.2, 0.25) is 0 Å². The number of aromatic nitrogens is 2. The highest BCUT2D eigenvalue weighted by atomic mass is 35.5.